The quantitative estimate of drug-likeness (QED) is 0.174. The maximum absolute atomic E-state index is 5.12. The third-order valence-corrected chi connectivity index (χ3v) is 13.4. The van der Waals surface area contributed by atoms with Crippen LogP contribution in [0, 0.1) is 0 Å². The molecule has 0 spiro atoms. The van der Waals surface area contributed by atoms with Crippen LogP contribution >= 0.6 is 11.3 Å². The Morgan fingerprint density at radius 1 is 0.377 bits per heavy atom. The average molecular weight is 796 g/mol. The van der Waals surface area contributed by atoms with Gasteiger partial charge in [0.1, 0.15) is 0 Å². The van der Waals surface area contributed by atoms with Gasteiger partial charge in [0.05, 0.1) is 27.8 Å². The summed E-state index contributed by atoms with van der Waals surface area (Å²) in [5.41, 5.74) is 9.97. The van der Waals surface area contributed by atoms with E-state index >= 15 is 0 Å². The van der Waals surface area contributed by atoms with Gasteiger partial charge in [-0.2, -0.15) is 0 Å². The smallest absolute Gasteiger partial charge is 0.165 e. The summed E-state index contributed by atoms with van der Waals surface area (Å²) in [7, 11) is 0. The summed E-state index contributed by atoms with van der Waals surface area (Å²) in [5.74, 6) is 1.98. The predicted octanol–water partition coefficient (Wildman–Crippen LogP) is 14.6. The van der Waals surface area contributed by atoms with Crippen LogP contribution in [0.5, 0.6) is 0 Å². The third kappa shape index (κ3) is 5.16. The van der Waals surface area contributed by atoms with E-state index in [4.69, 9.17) is 15.0 Å². The number of thiophene rings is 1. The molecule has 4 aromatic heterocycles. The summed E-state index contributed by atoms with van der Waals surface area (Å²) >= 11 is 1.79. The van der Waals surface area contributed by atoms with Gasteiger partial charge in [-0.05, 0) is 53.9 Å². The molecule has 0 fully saturated rings. The van der Waals surface area contributed by atoms with Crippen molar-refractivity contribution in [2.45, 2.75) is 0 Å². The van der Waals surface area contributed by atoms with Crippen LogP contribution in [0.1, 0.15) is 0 Å². The number of fused-ring (bicyclic) bond motifs is 11. The molecule has 284 valence electrons. The molecule has 0 aliphatic carbocycles. The van der Waals surface area contributed by atoms with Crippen molar-refractivity contribution < 1.29 is 0 Å². The SMILES string of the molecule is c1ccc(-c2nc(-c3ccccc3)nc(-c3cccc4c3sc3ccc(-n5c6ccccc6c6ccc7c(c8ccccc8n7-c7cccc8ccccc78)c65)cc34)n2)cc1. The van der Waals surface area contributed by atoms with E-state index in [9.17, 15) is 0 Å². The number of hydrogen-bond acceptors (Lipinski definition) is 4. The average Bonchev–Trinajstić information content (AvgIpc) is 3.99. The molecule has 0 bridgehead atoms. The number of hydrogen-bond donors (Lipinski definition) is 0. The Bertz CT molecular complexity index is 3820. The largest absolute Gasteiger partial charge is 0.309 e. The third-order valence-electron chi connectivity index (χ3n) is 12.2. The highest BCUT2D eigenvalue weighted by molar-refractivity contribution is 7.26. The Morgan fingerprint density at radius 2 is 0.984 bits per heavy atom. The second-order valence-electron chi connectivity index (χ2n) is 15.6. The molecule has 4 heterocycles. The molecule has 0 unspecified atom stereocenters. The van der Waals surface area contributed by atoms with Gasteiger partial charge in [0.2, 0.25) is 0 Å². The van der Waals surface area contributed by atoms with E-state index in [0.717, 1.165) is 27.1 Å². The van der Waals surface area contributed by atoms with E-state index < -0.39 is 0 Å². The van der Waals surface area contributed by atoms with Crippen molar-refractivity contribution in [3.63, 3.8) is 0 Å². The Balaban J connectivity index is 1.06. The van der Waals surface area contributed by atoms with Crippen LogP contribution in [-0.4, -0.2) is 24.1 Å². The predicted molar refractivity (Wildman–Crippen MR) is 255 cm³/mol. The molecule has 9 aromatic carbocycles. The van der Waals surface area contributed by atoms with Gasteiger partial charge in [-0.15, -0.1) is 11.3 Å². The zero-order chi connectivity index (χ0) is 40.0. The van der Waals surface area contributed by atoms with E-state index in [1.54, 1.807) is 11.3 Å². The van der Waals surface area contributed by atoms with Crippen LogP contribution in [0.15, 0.2) is 200 Å². The first-order chi connectivity index (χ1) is 30.3. The highest BCUT2D eigenvalue weighted by Gasteiger charge is 2.23. The van der Waals surface area contributed by atoms with Crippen LogP contribution in [0.4, 0.5) is 0 Å². The van der Waals surface area contributed by atoms with Gasteiger partial charge in [-0.3, -0.25) is 0 Å². The normalized spacial score (nSPS) is 11.9. The van der Waals surface area contributed by atoms with E-state index in [-0.39, 0.29) is 0 Å². The molecule has 0 radical (unpaired) electrons. The molecular weight excluding hydrogens is 763 g/mol. The summed E-state index contributed by atoms with van der Waals surface area (Å²) < 4.78 is 7.32. The Labute approximate surface area is 354 Å². The monoisotopic (exact) mass is 795 g/mol. The summed E-state index contributed by atoms with van der Waals surface area (Å²) in [6, 6.07) is 71.5. The fourth-order valence-corrected chi connectivity index (χ4v) is 10.7. The molecule has 5 nitrogen and oxygen atoms in total. The minimum atomic E-state index is 0.657. The van der Waals surface area contributed by atoms with Crippen molar-refractivity contribution in [3.05, 3.63) is 200 Å². The molecular formula is C55H33N5S. The molecule has 61 heavy (non-hydrogen) atoms. The maximum Gasteiger partial charge on any atom is 0.165 e. The zero-order valence-corrected chi connectivity index (χ0v) is 33.5. The van der Waals surface area contributed by atoms with Gasteiger partial charge in [0.25, 0.3) is 0 Å². The molecule has 0 saturated heterocycles. The zero-order valence-electron chi connectivity index (χ0n) is 32.7. The summed E-state index contributed by atoms with van der Waals surface area (Å²) in [6.07, 6.45) is 0. The van der Waals surface area contributed by atoms with Crippen LogP contribution in [0.3, 0.4) is 0 Å². The lowest BCUT2D eigenvalue weighted by Gasteiger charge is -2.12. The minimum absolute atomic E-state index is 0.657. The fourth-order valence-electron chi connectivity index (χ4n) is 9.47. The fraction of sp³-hybridized carbons (Fsp3) is 0. The van der Waals surface area contributed by atoms with Crippen molar-refractivity contribution in [2.75, 3.05) is 0 Å². The molecule has 0 saturated carbocycles. The van der Waals surface area contributed by atoms with Gasteiger partial charge in [-0.25, -0.2) is 15.0 Å². The molecule has 0 amide bonds. The number of benzene rings is 9. The van der Waals surface area contributed by atoms with Crippen LogP contribution in [0.25, 0.3) is 120 Å². The van der Waals surface area contributed by atoms with Gasteiger partial charge in [0, 0.05) is 69.5 Å². The number of aromatic nitrogens is 5. The highest BCUT2D eigenvalue weighted by Crippen LogP contribution is 2.45. The lowest BCUT2D eigenvalue weighted by atomic mass is 10.1. The summed E-state index contributed by atoms with van der Waals surface area (Å²) in [6.45, 7) is 0. The molecule has 0 atom stereocenters. The highest BCUT2D eigenvalue weighted by atomic mass is 32.1. The van der Waals surface area contributed by atoms with Crippen molar-refractivity contribution in [1.29, 1.82) is 0 Å². The van der Waals surface area contributed by atoms with Crippen molar-refractivity contribution in [1.82, 2.24) is 24.1 Å². The topological polar surface area (TPSA) is 48.5 Å². The van der Waals surface area contributed by atoms with E-state index in [1.165, 1.54) is 75.5 Å². The second kappa shape index (κ2) is 13.3. The lowest BCUT2D eigenvalue weighted by molar-refractivity contribution is 1.08. The lowest BCUT2D eigenvalue weighted by Crippen LogP contribution is -2.00. The number of para-hydroxylation sites is 2. The Hall–Kier alpha value is -7.93. The van der Waals surface area contributed by atoms with E-state index in [0.29, 0.717) is 17.5 Å². The van der Waals surface area contributed by atoms with E-state index in [1.807, 2.05) is 36.4 Å². The standard InChI is InChI=1S/C55H33N5S/c1-3-16-35(17-4-1)53-56-54(36-18-5-2-6-19-36)58-55(57-53)43-25-14-24-41-44-33-37(29-32-49(44)61-52(41)43)59-46-26-11-9-22-39(46)40-30-31-48-50(51(40)59)42-23-10-12-27-47(42)60(48)45-28-13-20-34-15-7-8-21-38(34)45/h1-33H. The first-order valence-corrected chi connectivity index (χ1v) is 21.3. The molecule has 13 rings (SSSR count). The Morgan fingerprint density at radius 3 is 1.75 bits per heavy atom. The summed E-state index contributed by atoms with van der Waals surface area (Å²) in [5, 5.41) is 9.78. The molecule has 0 N–H and O–H groups in total. The number of nitrogens with zero attached hydrogens (tertiary/aromatic N) is 5. The van der Waals surface area contributed by atoms with Crippen LogP contribution in [0.2, 0.25) is 0 Å². The van der Waals surface area contributed by atoms with Gasteiger partial charge < -0.3 is 9.13 Å². The minimum Gasteiger partial charge on any atom is -0.309 e. The van der Waals surface area contributed by atoms with Crippen LogP contribution < -0.4 is 0 Å². The van der Waals surface area contributed by atoms with Gasteiger partial charge >= 0.3 is 0 Å². The second-order valence-corrected chi connectivity index (χ2v) is 16.6. The van der Waals surface area contributed by atoms with Crippen molar-refractivity contribution in [2.24, 2.45) is 0 Å². The van der Waals surface area contributed by atoms with Crippen molar-refractivity contribution >= 4 is 85.9 Å². The number of rotatable bonds is 5. The van der Waals surface area contributed by atoms with Gasteiger partial charge in [-0.1, -0.05) is 152 Å². The van der Waals surface area contributed by atoms with Crippen LogP contribution in [-0.2, 0) is 0 Å². The maximum atomic E-state index is 5.12. The molecule has 13 aromatic rings. The molecule has 0 aliphatic rings. The van der Waals surface area contributed by atoms with Gasteiger partial charge in [0.15, 0.2) is 17.5 Å². The van der Waals surface area contributed by atoms with Crippen molar-refractivity contribution in [3.8, 4) is 45.5 Å². The Kier molecular flexibility index (Phi) is 7.41. The summed E-state index contributed by atoms with van der Waals surface area (Å²) in [4.78, 5) is 15.2. The molecule has 0 aliphatic heterocycles. The first kappa shape index (κ1) is 34.0. The van der Waals surface area contributed by atoms with E-state index in [2.05, 4.69) is 173 Å². The first-order valence-electron chi connectivity index (χ1n) is 20.5. The molecule has 6 heteroatoms.